The monoisotopic (exact) mass is 679 g/mol. The quantitative estimate of drug-likeness (QED) is 0.259. The van der Waals surface area contributed by atoms with Crippen molar-refractivity contribution in [2.75, 3.05) is 46.8 Å². The third-order valence-electron chi connectivity index (χ3n) is 9.28. The number of nitrogens with one attached hydrogen (secondary N) is 3. The number of hydrogen-bond acceptors (Lipinski definition) is 7. The third-order valence-corrected chi connectivity index (χ3v) is 10.8. The maximum absolute atomic E-state index is 13.8. The number of aromatic nitrogens is 2. The number of benzene rings is 1. The van der Waals surface area contributed by atoms with Crippen LogP contribution >= 0.6 is 12.4 Å². The zero-order chi connectivity index (χ0) is 32.9. The lowest BCUT2D eigenvalue weighted by Gasteiger charge is -2.52. The molecule has 1 spiro atoms. The van der Waals surface area contributed by atoms with E-state index in [1.807, 2.05) is 49.9 Å². The van der Waals surface area contributed by atoms with Gasteiger partial charge in [0.15, 0.2) is 0 Å². The summed E-state index contributed by atoms with van der Waals surface area (Å²) in [5.41, 5.74) is 2.96. The van der Waals surface area contributed by atoms with Crippen molar-refractivity contribution in [1.29, 1.82) is 0 Å². The van der Waals surface area contributed by atoms with Crippen molar-refractivity contribution in [2.24, 2.45) is 5.92 Å². The minimum absolute atomic E-state index is 0. The summed E-state index contributed by atoms with van der Waals surface area (Å²) in [4.78, 5) is 34.1. The summed E-state index contributed by atoms with van der Waals surface area (Å²) in [6.07, 6.45) is 4.21. The Kier molecular flexibility index (Phi) is 13.2. The molecule has 3 N–H and O–H groups in total. The number of hydrogen-bond donors (Lipinski definition) is 3. The van der Waals surface area contributed by atoms with E-state index in [0.29, 0.717) is 51.4 Å². The van der Waals surface area contributed by atoms with Crippen molar-refractivity contribution < 1.29 is 18.0 Å². The van der Waals surface area contributed by atoms with E-state index in [4.69, 9.17) is 0 Å². The van der Waals surface area contributed by atoms with Gasteiger partial charge in [0.05, 0.1) is 16.6 Å². The number of carbonyl (C=O) groups is 2. The van der Waals surface area contributed by atoms with Crippen LogP contribution in [0.1, 0.15) is 87.9 Å². The second-order valence-electron chi connectivity index (χ2n) is 13.4. The van der Waals surface area contributed by atoms with Gasteiger partial charge in [0.1, 0.15) is 11.6 Å². The fourth-order valence-electron chi connectivity index (χ4n) is 6.83. The van der Waals surface area contributed by atoms with Crippen LogP contribution in [0, 0.1) is 19.8 Å². The van der Waals surface area contributed by atoms with Crippen molar-refractivity contribution in [1.82, 2.24) is 34.9 Å². The molecule has 258 valence electrons. The molecule has 2 amide bonds. The van der Waals surface area contributed by atoms with Crippen molar-refractivity contribution >= 4 is 34.2 Å². The third kappa shape index (κ3) is 8.31. The van der Waals surface area contributed by atoms with Crippen LogP contribution in [-0.4, -0.2) is 104 Å². The number of piperazine rings is 1. The zero-order valence-corrected chi connectivity index (χ0v) is 30.2. The van der Waals surface area contributed by atoms with Gasteiger partial charge >= 0.3 is 0 Å². The van der Waals surface area contributed by atoms with Gasteiger partial charge in [-0.3, -0.25) is 19.6 Å². The molecule has 0 radical (unpaired) electrons. The molecule has 46 heavy (non-hydrogen) atoms. The number of H-pyrrole nitrogens is 1. The second-order valence-corrected chi connectivity index (χ2v) is 15.2. The Balaban J connectivity index is 0.00000576. The molecular formula is C33H54ClN7O4S. The molecule has 1 unspecified atom stereocenters. The van der Waals surface area contributed by atoms with E-state index >= 15 is 0 Å². The first-order valence-electron chi connectivity index (χ1n) is 16.4. The number of unbranched alkanes of at least 4 members (excludes halogenated alkanes) is 1. The van der Waals surface area contributed by atoms with Crippen LogP contribution in [0.15, 0.2) is 29.2 Å². The predicted molar refractivity (Wildman–Crippen MR) is 183 cm³/mol. The Morgan fingerprint density at radius 3 is 2.28 bits per heavy atom. The molecule has 0 bridgehead atoms. The number of aromatic amines is 1. The summed E-state index contributed by atoms with van der Waals surface area (Å²) in [7, 11) is 0.291. The van der Waals surface area contributed by atoms with E-state index in [0.717, 1.165) is 48.3 Å². The molecule has 2 fully saturated rings. The molecule has 13 heteroatoms. The standard InChI is InChI=1S/C33H53N7O4S.ClH/c1-8-9-19-40-31(41)28(22-23(2)3)35-32(42)33(40)15-20-39(21-16-33)30(29-24(4)36-37-25(29)5)26-11-13-27(14-12-26)45(43,44)34-17-10-18-38(6)7;/h11-14,23,28,30,34H,8-10,15-22H2,1-7H3,(H,35,42)(H,36,37);1H/t28-,30?;/m0./s1. The first kappa shape index (κ1) is 37.9. The molecule has 2 aliphatic rings. The van der Waals surface area contributed by atoms with Crippen LogP contribution in [0.3, 0.4) is 0 Å². The topological polar surface area (TPSA) is 131 Å². The Labute approximate surface area is 281 Å². The van der Waals surface area contributed by atoms with Gasteiger partial charge in [-0.15, -0.1) is 12.4 Å². The number of nitrogens with zero attached hydrogens (tertiary/aromatic N) is 4. The minimum Gasteiger partial charge on any atom is -0.342 e. The van der Waals surface area contributed by atoms with Crippen LogP contribution in [0.25, 0.3) is 0 Å². The molecule has 2 aliphatic heterocycles. The van der Waals surface area contributed by atoms with Crippen LogP contribution in [0.4, 0.5) is 0 Å². The van der Waals surface area contributed by atoms with Gasteiger partial charge < -0.3 is 15.1 Å². The van der Waals surface area contributed by atoms with Gasteiger partial charge in [0.25, 0.3) is 0 Å². The highest BCUT2D eigenvalue weighted by atomic mass is 35.5. The van der Waals surface area contributed by atoms with E-state index in [1.54, 1.807) is 12.1 Å². The lowest BCUT2D eigenvalue weighted by atomic mass is 9.79. The number of amides is 2. The number of halogens is 1. The molecule has 3 heterocycles. The highest BCUT2D eigenvalue weighted by Crippen LogP contribution is 2.40. The van der Waals surface area contributed by atoms with Crippen molar-refractivity contribution in [3.63, 3.8) is 0 Å². The Morgan fingerprint density at radius 1 is 1.09 bits per heavy atom. The Hall–Kier alpha value is -2.51. The summed E-state index contributed by atoms with van der Waals surface area (Å²) in [6.45, 7) is 13.2. The molecule has 2 aromatic rings. The smallest absolute Gasteiger partial charge is 0.246 e. The molecule has 2 atom stereocenters. The zero-order valence-electron chi connectivity index (χ0n) is 28.6. The van der Waals surface area contributed by atoms with Gasteiger partial charge in [0, 0.05) is 37.4 Å². The van der Waals surface area contributed by atoms with Crippen LogP contribution in [0.2, 0.25) is 0 Å². The first-order chi connectivity index (χ1) is 21.3. The lowest BCUT2D eigenvalue weighted by Crippen LogP contribution is -2.73. The molecule has 0 saturated carbocycles. The lowest BCUT2D eigenvalue weighted by molar-refractivity contribution is -0.162. The Bertz CT molecular complexity index is 1400. The average Bonchev–Trinajstić information content (AvgIpc) is 3.32. The van der Waals surface area contributed by atoms with Crippen molar-refractivity contribution in [3.05, 3.63) is 46.8 Å². The number of carbonyl (C=O) groups excluding carboxylic acids is 2. The van der Waals surface area contributed by atoms with Crippen molar-refractivity contribution in [2.45, 2.75) is 95.7 Å². The van der Waals surface area contributed by atoms with Gasteiger partial charge in [-0.1, -0.05) is 39.3 Å². The highest BCUT2D eigenvalue weighted by Gasteiger charge is 2.54. The minimum atomic E-state index is -3.63. The van der Waals surface area contributed by atoms with Crippen molar-refractivity contribution in [3.8, 4) is 0 Å². The molecule has 2 saturated heterocycles. The van der Waals surface area contributed by atoms with E-state index in [1.165, 1.54) is 0 Å². The van der Waals surface area contributed by atoms with Gasteiger partial charge in [-0.25, -0.2) is 13.1 Å². The molecule has 1 aromatic heterocycles. The second kappa shape index (κ2) is 16.1. The Morgan fingerprint density at radius 2 is 1.74 bits per heavy atom. The fourth-order valence-corrected chi connectivity index (χ4v) is 7.91. The SMILES string of the molecule is CCCCN1C(=O)[C@H](CC(C)C)NC(=O)C12CCN(C(c1ccc(S(=O)(=O)NCCCN(C)C)cc1)c1c(C)n[nH]c1C)CC2.Cl. The summed E-state index contributed by atoms with van der Waals surface area (Å²) in [5.74, 6) is 0.296. The van der Waals surface area contributed by atoms with Crippen LogP contribution in [-0.2, 0) is 19.6 Å². The molecular weight excluding hydrogens is 626 g/mol. The summed E-state index contributed by atoms with van der Waals surface area (Å²) in [5, 5.41) is 10.7. The number of rotatable bonds is 14. The van der Waals surface area contributed by atoms with Gasteiger partial charge in [-0.05, 0) is 90.2 Å². The first-order valence-corrected chi connectivity index (χ1v) is 17.9. The molecule has 4 rings (SSSR count). The van der Waals surface area contributed by atoms with Gasteiger partial charge in [0.2, 0.25) is 21.8 Å². The number of piperidine rings is 1. The largest absolute Gasteiger partial charge is 0.342 e. The molecule has 11 nitrogen and oxygen atoms in total. The van der Waals surface area contributed by atoms with E-state index < -0.39 is 21.6 Å². The highest BCUT2D eigenvalue weighted by molar-refractivity contribution is 7.89. The maximum Gasteiger partial charge on any atom is 0.246 e. The van der Waals surface area contributed by atoms with Gasteiger partial charge in [-0.2, -0.15) is 5.10 Å². The van der Waals surface area contributed by atoms with Crippen LogP contribution in [0.5, 0.6) is 0 Å². The molecule has 1 aromatic carbocycles. The normalized spacial score (nSPS) is 19.5. The maximum atomic E-state index is 13.8. The number of likely N-dealkylation sites (tertiary alicyclic amines) is 1. The van der Waals surface area contributed by atoms with E-state index in [2.05, 4.69) is 45.9 Å². The van der Waals surface area contributed by atoms with Crippen LogP contribution < -0.4 is 10.0 Å². The van der Waals surface area contributed by atoms with E-state index in [-0.39, 0.29) is 35.2 Å². The fraction of sp³-hybridized carbons (Fsp3) is 0.667. The number of sulfonamides is 1. The predicted octanol–water partition coefficient (Wildman–Crippen LogP) is 3.78. The molecule has 0 aliphatic carbocycles. The summed E-state index contributed by atoms with van der Waals surface area (Å²) >= 11 is 0. The van der Waals surface area contributed by atoms with E-state index in [9.17, 15) is 18.0 Å². The average molecular weight is 680 g/mol. The summed E-state index contributed by atoms with van der Waals surface area (Å²) in [6, 6.07) is 6.44. The summed E-state index contributed by atoms with van der Waals surface area (Å²) < 4.78 is 28.7. The number of aryl methyl sites for hydroxylation is 2.